The van der Waals surface area contributed by atoms with Crippen molar-refractivity contribution in [2.45, 2.75) is 37.6 Å². The van der Waals surface area contributed by atoms with Gasteiger partial charge in [0.2, 0.25) is 0 Å². The molecule has 2 aliphatic rings. The van der Waals surface area contributed by atoms with Crippen LogP contribution in [0.25, 0.3) is 0 Å². The van der Waals surface area contributed by atoms with Crippen molar-refractivity contribution in [1.82, 2.24) is 4.90 Å². The zero-order valence-corrected chi connectivity index (χ0v) is 10.6. The molecule has 1 aromatic carbocycles. The van der Waals surface area contributed by atoms with Crippen LogP contribution in [0.15, 0.2) is 24.3 Å². The van der Waals surface area contributed by atoms with Crippen LogP contribution in [-0.4, -0.2) is 31.1 Å². The maximum Gasteiger partial charge on any atom is 0.118 e. The van der Waals surface area contributed by atoms with Gasteiger partial charge in [0.1, 0.15) is 5.75 Å². The van der Waals surface area contributed by atoms with Crippen LogP contribution in [0.5, 0.6) is 5.75 Å². The minimum absolute atomic E-state index is 0.740. The van der Waals surface area contributed by atoms with Crippen LogP contribution in [0.1, 0.15) is 37.2 Å². The van der Waals surface area contributed by atoms with Gasteiger partial charge in [0.15, 0.2) is 0 Å². The Morgan fingerprint density at radius 1 is 1.18 bits per heavy atom. The summed E-state index contributed by atoms with van der Waals surface area (Å²) in [6.07, 6.45) is 5.58. The van der Waals surface area contributed by atoms with E-state index in [0.29, 0.717) is 0 Å². The Balaban J connectivity index is 1.72. The van der Waals surface area contributed by atoms with Crippen LogP contribution >= 0.6 is 0 Å². The molecular formula is C15H21NO. The Morgan fingerprint density at radius 2 is 2.00 bits per heavy atom. The van der Waals surface area contributed by atoms with E-state index in [-0.39, 0.29) is 0 Å². The minimum Gasteiger partial charge on any atom is -0.497 e. The Morgan fingerprint density at radius 3 is 2.71 bits per heavy atom. The first-order chi connectivity index (χ1) is 8.36. The molecule has 2 aliphatic heterocycles. The second-order valence-corrected chi connectivity index (χ2v) is 5.35. The van der Waals surface area contributed by atoms with Gasteiger partial charge in [-0.15, -0.1) is 0 Å². The first-order valence-corrected chi connectivity index (χ1v) is 6.75. The Bertz CT molecular complexity index is 359. The van der Waals surface area contributed by atoms with E-state index in [1.165, 1.54) is 44.3 Å². The van der Waals surface area contributed by atoms with Crippen molar-refractivity contribution < 1.29 is 4.74 Å². The van der Waals surface area contributed by atoms with Gasteiger partial charge in [-0.3, -0.25) is 4.90 Å². The van der Waals surface area contributed by atoms with E-state index in [9.17, 15) is 0 Å². The number of piperidine rings is 1. The van der Waals surface area contributed by atoms with E-state index in [2.05, 4.69) is 29.2 Å². The first-order valence-electron chi connectivity index (χ1n) is 6.75. The maximum atomic E-state index is 5.22. The van der Waals surface area contributed by atoms with Gasteiger partial charge in [-0.2, -0.15) is 0 Å². The summed E-state index contributed by atoms with van der Waals surface area (Å²) in [5.74, 6) is 1.70. The lowest BCUT2D eigenvalue weighted by molar-refractivity contribution is 0.197. The molecule has 92 valence electrons. The predicted molar refractivity (Wildman–Crippen MR) is 69.6 cm³/mol. The Hall–Kier alpha value is -1.02. The van der Waals surface area contributed by atoms with E-state index in [1.807, 2.05) is 0 Å². The number of methoxy groups -OCH3 is 1. The largest absolute Gasteiger partial charge is 0.497 e. The molecule has 2 fully saturated rings. The first kappa shape index (κ1) is 11.1. The molecule has 3 rings (SSSR count). The SMILES string of the molecule is COc1ccc([C@H]2CC3CCCCN3C2)cc1. The normalized spacial score (nSPS) is 29.0. The van der Waals surface area contributed by atoms with Crippen molar-refractivity contribution in [3.05, 3.63) is 29.8 Å². The monoisotopic (exact) mass is 231 g/mol. The van der Waals surface area contributed by atoms with E-state index in [4.69, 9.17) is 4.74 Å². The highest BCUT2D eigenvalue weighted by molar-refractivity contribution is 5.30. The molecule has 0 bridgehead atoms. The summed E-state index contributed by atoms with van der Waals surface area (Å²) in [4.78, 5) is 2.69. The molecule has 2 heterocycles. The van der Waals surface area contributed by atoms with Gasteiger partial charge in [-0.1, -0.05) is 18.6 Å². The second-order valence-electron chi connectivity index (χ2n) is 5.35. The molecule has 0 amide bonds. The lowest BCUT2D eigenvalue weighted by Gasteiger charge is -2.28. The Labute approximate surface area is 104 Å². The van der Waals surface area contributed by atoms with Gasteiger partial charge >= 0.3 is 0 Å². The summed E-state index contributed by atoms with van der Waals surface area (Å²) in [6, 6.07) is 9.51. The molecule has 17 heavy (non-hydrogen) atoms. The molecule has 1 unspecified atom stereocenters. The average Bonchev–Trinajstić information content (AvgIpc) is 2.82. The van der Waals surface area contributed by atoms with E-state index in [0.717, 1.165) is 17.7 Å². The number of benzene rings is 1. The lowest BCUT2D eigenvalue weighted by Crippen LogP contribution is -2.33. The van der Waals surface area contributed by atoms with Gasteiger partial charge < -0.3 is 4.74 Å². The predicted octanol–water partition coefficient (Wildman–Crippen LogP) is 3.04. The number of ether oxygens (including phenoxy) is 1. The van der Waals surface area contributed by atoms with Crippen LogP contribution in [0, 0.1) is 0 Å². The molecule has 2 atom stereocenters. The molecule has 0 saturated carbocycles. The molecule has 0 aliphatic carbocycles. The zero-order valence-electron chi connectivity index (χ0n) is 10.6. The molecule has 2 saturated heterocycles. The highest BCUT2D eigenvalue weighted by Gasteiger charge is 2.33. The number of nitrogens with zero attached hydrogens (tertiary/aromatic N) is 1. The third-order valence-electron chi connectivity index (χ3n) is 4.35. The van der Waals surface area contributed by atoms with E-state index < -0.39 is 0 Å². The lowest BCUT2D eigenvalue weighted by atomic mass is 9.94. The highest BCUT2D eigenvalue weighted by atomic mass is 16.5. The summed E-state index contributed by atoms with van der Waals surface area (Å²) in [5, 5.41) is 0. The fraction of sp³-hybridized carbons (Fsp3) is 0.600. The van der Waals surface area contributed by atoms with Crippen LogP contribution in [0.2, 0.25) is 0 Å². The molecule has 1 aromatic rings. The van der Waals surface area contributed by atoms with Crippen LogP contribution < -0.4 is 4.74 Å². The number of rotatable bonds is 2. The van der Waals surface area contributed by atoms with Crippen molar-refractivity contribution in [3.8, 4) is 5.75 Å². The number of fused-ring (bicyclic) bond motifs is 1. The highest BCUT2D eigenvalue weighted by Crippen LogP contribution is 2.36. The molecule has 2 heteroatoms. The number of hydrogen-bond acceptors (Lipinski definition) is 2. The summed E-state index contributed by atoms with van der Waals surface area (Å²) in [6.45, 7) is 2.58. The fourth-order valence-corrected chi connectivity index (χ4v) is 3.37. The second kappa shape index (κ2) is 4.69. The fourth-order valence-electron chi connectivity index (χ4n) is 3.37. The van der Waals surface area contributed by atoms with E-state index in [1.54, 1.807) is 7.11 Å². The van der Waals surface area contributed by atoms with Gasteiger partial charge in [0.05, 0.1) is 7.11 Å². The van der Waals surface area contributed by atoms with Gasteiger partial charge in [-0.25, -0.2) is 0 Å². The van der Waals surface area contributed by atoms with Crippen molar-refractivity contribution in [1.29, 1.82) is 0 Å². The standard InChI is InChI=1S/C15H21NO/c1-17-15-7-5-12(6-8-15)13-10-14-4-2-3-9-16(14)11-13/h5-8,13-14H,2-4,9-11H2,1H3/t13-,14?/m0/s1. The van der Waals surface area contributed by atoms with Gasteiger partial charge in [0, 0.05) is 12.6 Å². The summed E-state index contributed by atoms with van der Waals surface area (Å²) >= 11 is 0. The third-order valence-corrected chi connectivity index (χ3v) is 4.35. The van der Waals surface area contributed by atoms with Crippen LogP contribution in [0.4, 0.5) is 0 Å². The van der Waals surface area contributed by atoms with Gasteiger partial charge in [0.25, 0.3) is 0 Å². The molecular weight excluding hydrogens is 210 g/mol. The van der Waals surface area contributed by atoms with Gasteiger partial charge in [-0.05, 0) is 49.4 Å². The summed E-state index contributed by atoms with van der Waals surface area (Å²) in [7, 11) is 1.73. The van der Waals surface area contributed by atoms with Crippen LogP contribution in [0.3, 0.4) is 0 Å². The van der Waals surface area contributed by atoms with Crippen molar-refractivity contribution in [3.63, 3.8) is 0 Å². The molecule has 0 aromatic heterocycles. The van der Waals surface area contributed by atoms with Crippen molar-refractivity contribution in [2.75, 3.05) is 20.2 Å². The van der Waals surface area contributed by atoms with E-state index >= 15 is 0 Å². The number of hydrogen-bond donors (Lipinski definition) is 0. The average molecular weight is 231 g/mol. The van der Waals surface area contributed by atoms with Crippen LogP contribution in [-0.2, 0) is 0 Å². The molecule has 0 spiro atoms. The topological polar surface area (TPSA) is 12.5 Å². The smallest absolute Gasteiger partial charge is 0.118 e. The summed E-state index contributed by atoms with van der Waals surface area (Å²) < 4.78 is 5.22. The van der Waals surface area contributed by atoms with Crippen molar-refractivity contribution in [2.24, 2.45) is 0 Å². The third kappa shape index (κ3) is 2.19. The molecule has 0 N–H and O–H groups in total. The zero-order chi connectivity index (χ0) is 11.7. The maximum absolute atomic E-state index is 5.22. The minimum atomic E-state index is 0.740. The molecule has 2 nitrogen and oxygen atoms in total. The quantitative estimate of drug-likeness (QED) is 0.775. The Kier molecular flexibility index (Phi) is 3.06. The summed E-state index contributed by atoms with van der Waals surface area (Å²) in [5.41, 5.74) is 1.49. The van der Waals surface area contributed by atoms with Crippen molar-refractivity contribution >= 4 is 0 Å². The molecule has 0 radical (unpaired) electrons.